The topological polar surface area (TPSA) is 57.7 Å². The van der Waals surface area contributed by atoms with Crippen molar-refractivity contribution in [2.75, 3.05) is 19.6 Å². The van der Waals surface area contributed by atoms with E-state index in [2.05, 4.69) is 6.58 Å². The summed E-state index contributed by atoms with van der Waals surface area (Å²) >= 11 is 0. The second-order valence-corrected chi connectivity index (χ2v) is 6.93. The highest BCUT2D eigenvalue weighted by Crippen LogP contribution is 2.24. The molecule has 0 aromatic heterocycles. The van der Waals surface area contributed by atoms with Crippen molar-refractivity contribution in [3.8, 4) is 0 Å². The normalized spacial score (nSPS) is 12.8. The molecule has 28 heavy (non-hydrogen) atoms. The number of carbonyl (C=O) groups is 3. The average molecular weight is 376 g/mol. The fourth-order valence-electron chi connectivity index (χ4n) is 3.36. The number of rotatable bonds is 8. The van der Waals surface area contributed by atoms with Crippen molar-refractivity contribution in [1.29, 1.82) is 0 Å². The summed E-state index contributed by atoms with van der Waals surface area (Å²) in [6.07, 6.45) is 2.54. The van der Waals surface area contributed by atoms with Gasteiger partial charge in [0.05, 0.1) is 11.1 Å². The molecule has 1 aliphatic rings. The summed E-state index contributed by atoms with van der Waals surface area (Å²) in [5, 5.41) is 0. The molecule has 3 amide bonds. The van der Waals surface area contributed by atoms with Crippen LogP contribution < -0.4 is 0 Å². The third-order valence-corrected chi connectivity index (χ3v) is 4.89. The van der Waals surface area contributed by atoms with Gasteiger partial charge in [-0.2, -0.15) is 0 Å². The number of amides is 3. The van der Waals surface area contributed by atoms with Crippen LogP contribution in [0.3, 0.4) is 0 Å². The summed E-state index contributed by atoms with van der Waals surface area (Å²) < 4.78 is 0. The van der Waals surface area contributed by atoms with Gasteiger partial charge in [0.25, 0.3) is 11.8 Å². The molecule has 0 unspecified atom stereocenters. The number of hydrogen-bond donors (Lipinski definition) is 0. The molecule has 2 aromatic rings. The zero-order valence-corrected chi connectivity index (χ0v) is 16.1. The van der Waals surface area contributed by atoms with Crippen LogP contribution in [0.4, 0.5) is 0 Å². The van der Waals surface area contributed by atoms with E-state index >= 15 is 0 Å². The summed E-state index contributed by atoms with van der Waals surface area (Å²) in [7, 11) is 0. The van der Waals surface area contributed by atoms with Crippen LogP contribution in [0.1, 0.15) is 38.3 Å². The van der Waals surface area contributed by atoms with Crippen LogP contribution in [-0.2, 0) is 11.2 Å². The van der Waals surface area contributed by atoms with E-state index in [1.165, 1.54) is 4.90 Å². The zero-order valence-electron chi connectivity index (χ0n) is 16.1. The Hall–Kier alpha value is -3.21. The first-order valence-corrected chi connectivity index (χ1v) is 9.40. The van der Waals surface area contributed by atoms with E-state index in [1.54, 1.807) is 23.1 Å². The molecule has 1 aliphatic heterocycles. The highest BCUT2D eigenvalue weighted by molar-refractivity contribution is 6.21. The van der Waals surface area contributed by atoms with Crippen molar-refractivity contribution in [1.82, 2.24) is 9.80 Å². The Balaban J connectivity index is 1.60. The van der Waals surface area contributed by atoms with Gasteiger partial charge in [0, 0.05) is 26.1 Å². The van der Waals surface area contributed by atoms with E-state index in [0.29, 0.717) is 24.2 Å². The predicted octanol–water partition coefficient (Wildman–Crippen LogP) is 3.24. The Bertz CT molecular complexity index is 905. The van der Waals surface area contributed by atoms with Gasteiger partial charge in [-0.15, -0.1) is 6.58 Å². The molecule has 5 nitrogen and oxygen atoms in total. The quantitative estimate of drug-likeness (QED) is 0.525. The van der Waals surface area contributed by atoms with Gasteiger partial charge in [0.2, 0.25) is 5.91 Å². The summed E-state index contributed by atoms with van der Waals surface area (Å²) in [6.45, 7) is 6.69. The third-order valence-electron chi connectivity index (χ3n) is 4.89. The molecule has 144 valence electrons. The van der Waals surface area contributed by atoms with Gasteiger partial charge >= 0.3 is 0 Å². The van der Waals surface area contributed by atoms with Crippen LogP contribution in [0.2, 0.25) is 0 Å². The van der Waals surface area contributed by atoms with Crippen molar-refractivity contribution in [2.24, 2.45) is 0 Å². The maximum absolute atomic E-state index is 12.7. The predicted molar refractivity (Wildman–Crippen MR) is 108 cm³/mol. The molecular formula is C23H24N2O3. The largest absolute Gasteiger partial charge is 0.339 e. The lowest BCUT2D eigenvalue weighted by molar-refractivity contribution is -0.130. The molecule has 3 rings (SSSR count). The first-order valence-electron chi connectivity index (χ1n) is 9.40. The standard InChI is InChI=1S/C23H24N2O3/c1-3-13-24(14-11-18-7-5-4-6-8-18)21(26)12-15-25-22(27)19-10-9-17(2)16-20(19)23(25)28/h3-10,16H,1,11-15H2,2H3. The lowest BCUT2D eigenvalue weighted by atomic mass is 10.1. The lowest BCUT2D eigenvalue weighted by Crippen LogP contribution is -2.37. The second kappa shape index (κ2) is 8.65. The van der Waals surface area contributed by atoms with Crippen LogP contribution in [0.25, 0.3) is 0 Å². The summed E-state index contributed by atoms with van der Waals surface area (Å²) in [5.74, 6) is -0.744. The smallest absolute Gasteiger partial charge is 0.261 e. The maximum atomic E-state index is 12.7. The minimum absolute atomic E-state index is 0.0865. The lowest BCUT2D eigenvalue weighted by Gasteiger charge is -2.22. The highest BCUT2D eigenvalue weighted by atomic mass is 16.2. The van der Waals surface area contributed by atoms with Crippen LogP contribution in [0.5, 0.6) is 0 Å². The van der Waals surface area contributed by atoms with Crippen molar-refractivity contribution in [2.45, 2.75) is 19.8 Å². The van der Waals surface area contributed by atoms with Crippen molar-refractivity contribution in [3.63, 3.8) is 0 Å². The van der Waals surface area contributed by atoms with Gasteiger partial charge in [-0.25, -0.2) is 0 Å². The molecule has 5 heteroatoms. The van der Waals surface area contributed by atoms with E-state index in [9.17, 15) is 14.4 Å². The molecule has 2 aromatic carbocycles. The number of fused-ring (bicyclic) bond motifs is 1. The van der Waals surface area contributed by atoms with Gasteiger partial charge in [-0.1, -0.05) is 48.0 Å². The molecule has 0 saturated heterocycles. The van der Waals surface area contributed by atoms with E-state index in [-0.39, 0.29) is 30.7 Å². The minimum Gasteiger partial charge on any atom is -0.339 e. The number of benzene rings is 2. The molecule has 0 bridgehead atoms. The Morgan fingerprint density at radius 2 is 1.79 bits per heavy atom. The fourth-order valence-corrected chi connectivity index (χ4v) is 3.36. The monoisotopic (exact) mass is 376 g/mol. The van der Waals surface area contributed by atoms with Gasteiger partial charge < -0.3 is 4.90 Å². The number of hydrogen-bond acceptors (Lipinski definition) is 3. The number of aryl methyl sites for hydroxylation is 1. The second-order valence-electron chi connectivity index (χ2n) is 6.93. The zero-order chi connectivity index (χ0) is 20.1. The third kappa shape index (κ3) is 4.19. The van der Waals surface area contributed by atoms with Crippen LogP contribution in [0.15, 0.2) is 61.2 Å². The summed E-state index contributed by atoms with van der Waals surface area (Å²) in [5.41, 5.74) is 2.91. The van der Waals surface area contributed by atoms with Crippen molar-refractivity contribution in [3.05, 3.63) is 83.4 Å². The molecule has 0 N–H and O–H groups in total. The minimum atomic E-state index is -0.327. The number of imide groups is 1. The van der Waals surface area contributed by atoms with Crippen LogP contribution in [-0.4, -0.2) is 47.2 Å². The first kappa shape index (κ1) is 19.5. The molecule has 0 atom stereocenters. The van der Waals surface area contributed by atoms with Crippen LogP contribution >= 0.6 is 0 Å². The van der Waals surface area contributed by atoms with E-state index in [0.717, 1.165) is 17.5 Å². The molecule has 0 radical (unpaired) electrons. The molecule has 0 fully saturated rings. The van der Waals surface area contributed by atoms with Gasteiger partial charge in [0.15, 0.2) is 0 Å². The average Bonchev–Trinajstić information content (AvgIpc) is 2.93. The Morgan fingerprint density at radius 3 is 2.50 bits per heavy atom. The Kier molecular flexibility index (Phi) is 6.04. The molecule has 0 spiro atoms. The molecule has 1 heterocycles. The van der Waals surface area contributed by atoms with Crippen LogP contribution in [0, 0.1) is 6.92 Å². The van der Waals surface area contributed by atoms with Crippen molar-refractivity contribution < 1.29 is 14.4 Å². The van der Waals surface area contributed by atoms with E-state index in [1.807, 2.05) is 43.3 Å². The van der Waals surface area contributed by atoms with Gasteiger partial charge in [-0.3, -0.25) is 19.3 Å². The number of nitrogens with zero attached hydrogens (tertiary/aromatic N) is 2. The number of carbonyl (C=O) groups excluding carboxylic acids is 3. The first-order chi connectivity index (χ1) is 13.5. The van der Waals surface area contributed by atoms with Gasteiger partial charge in [0.1, 0.15) is 0 Å². The van der Waals surface area contributed by atoms with E-state index < -0.39 is 0 Å². The maximum Gasteiger partial charge on any atom is 0.261 e. The summed E-state index contributed by atoms with van der Waals surface area (Å²) in [6, 6.07) is 15.2. The van der Waals surface area contributed by atoms with Gasteiger partial charge in [-0.05, 0) is 31.0 Å². The molecular weight excluding hydrogens is 352 g/mol. The Labute approximate surface area is 165 Å². The van der Waals surface area contributed by atoms with E-state index in [4.69, 9.17) is 0 Å². The summed E-state index contributed by atoms with van der Waals surface area (Å²) in [4.78, 5) is 40.6. The highest BCUT2D eigenvalue weighted by Gasteiger charge is 2.35. The Morgan fingerprint density at radius 1 is 1.07 bits per heavy atom. The fraction of sp³-hybridized carbons (Fsp3) is 0.261. The molecule has 0 aliphatic carbocycles. The van der Waals surface area contributed by atoms with Crippen molar-refractivity contribution >= 4 is 17.7 Å². The molecule has 0 saturated carbocycles. The SMILES string of the molecule is C=CCN(CCc1ccccc1)C(=O)CCN1C(=O)c2ccc(C)cc2C1=O.